The Balaban J connectivity index is 1.59. The van der Waals surface area contributed by atoms with Crippen molar-refractivity contribution in [2.45, 2.75) is 70.6 Å². The molecule has 0 radical (unpaired) electrons. The summed E-state index contributed by atoms with van der Waals surface area (Å²) in [5.41, 5.74) is 0.702. The van der Waals surface area contributed by atoms with E-state index in [-0.39, 0.29) is 25.0 Å². The third-order valence-corrected chi connectivity index (χ3v) is 7.93. The first kappa shape index (κ1) is 26.4. The molecule has 3 aliphatic heterocycles. The van der Waals surface area contributed by atoms with Crippen LogP contribution in [0.15, 0.2) is 24.3 Å². The molecular weight excluding hydrogens is 462 g/mol. The first-order valence-electron chi connectivity index (χ1n) is 13.3. The van der Waals surface area contributed by atoms with Crippen molar-refractivity contribution in [3.8, 4) is 0 Å². The van der Waals surface area contributed by atoms with Gasteiger partial charge in [0.1, 0.15) is 11.6 Å². The Morgan fingerprint density at radius 2 is 1.89 bits per heavy atom. The van der Waals surface area contributed by atoms with Crippen molar-refractivity contribution < 1.29 is 29.0 Å². The molecule has 1 aromatic carbocycles. The van der Waals surface area contributed by atoms with E-state index < -0.39 is 35.6 Å². The first-order chi connectivity index (χ1) is 17.4. The van der Waals surface area contributed by atoms with E-state index in [2.05, 4.69) is 24.1 Å². The van der Waals surface area contributed by atoms with E-state index in [1.165, 1.54) is 0 Å². The number of hydrogen-bond acceptors (Lipinski definition) is 7. The molecule has 2 N–H and O–H groups in total. The van der Waals surface area contributed by atoms with Gasteiger partial charge in [-0.1, -0.05) is 0 Å². The maximum absolute atomic E-state index is 13.8. The number of carbonyl (C=O) groups excluding carboxylic acids is 3. The van der Waals surface area contributed by atoms with Gasteiger partial charge >= 0.3 is 5.97 Å². The summed E-state index contributed by atoms with van der Waals surface area (Å²) in [5, 5.41) is 12.2. The molecule has 36 heavy (non-hydrogen) atoms. The summed E-state index contributed by atoms with van der Waals surface area (Å²) in [6.07, 6.45) is 2.80. The molecule has 3 fully saturated rings. The zero-order valence-electron chi connectivity index (χ0n) is 21.6. The molecule has 0 aromatic heterocycles. The fourth-order valence-electron chi connectivity index (χ4n) is 6.33. The number of ether oxygens (including phenoxy) is 2. The fraction of sp³-hybridized carbons (Fsp3) is 0.667. The molecule has 3 aliphatic rings. The van der Waals surface area contributed by atoms with E-state index in [4.69, 9.17) is 14.6 Å². The summed E-state index contributed by atoms with van der Waals surface area (Å²) in [6, 6.07) is 6.88. The van der Waals surface area contributed by atoms with Gasteiger partial charge in [0.2, 0.25) is 11.8 Å². The number of carbonyl (C=O) groups is 3. The topological polar surface area (TPSA) is 108 Å². The number of hydrogen-bond donors (Lipinski definition) is 2. The third-order valence-electron chi connectivity index (χ3n) is 7.93. The average molecular weight is 502 g/mol. The second-order valence-electron chi connectivity index (χ2n) is 9.83. The SMILES string of the molecule is CCOC(=O)[C@@H]1[C@@H]2CCC3(O2)C(C(=O)Nc2ccc(N(CC)CC)cc2)N(CCCCCO)C(=O)[C@H]13. The van der Waals surface area contributed by atoms with Crippen LogP contribution in [-0.4, -0.2) is 78.4 Å². The zero-order valence-corrected chi connectivity index (χ0v) is 21.6. The number of rotatable bonds is 12. The largest absolute Gasteiger partial charge is 0.466 e. The van der Waals surface area contributed by atoms with Crippen LogP contribution in [-0.2, 0) is 23.9 Å². The molecular formula is C27H39N3O6. The van der Waals surface area contributed by atoms with Crippen molar-refractivity contribution in [3.05, 3.63) is 24.3 Å². The maximum atomic E-state index is 13.8. The Hall–Kier alpha value is -2.65. The number of nitrogens with zero attached hydrogens (tertiary/aromatic N) is 2. The average Bonchev–Trinajstić information content (AvgIpc) is 3.51. The lowest BCUT2D eigenvalue weighted by Gasteiger charge is -2.33. The van der Waals surface area contributed by atoms with Crippen molar-refractivity contribution in [1.29, 1.82) is 0 Å². The minimum absolute atomic E-state index is 0.0869. The standard InChI is InChI=1S/C27H39N3O6/c1-4-29(5-2)19-12-10-18(11-13-19)28-24(32)23-27-15-14-20(36-27)21(26(34)35-6-3)22(27)25(33)30(23)16-8-7-9-17-31/h10-13,20-23,31H,4-9,14-17H2,1-3H3,(H,28,32)/t20-,21+,22-,23?,27?/m0/s1. The van der Waals surface area contributed by atoms with E-state index in [1.807, 2.05) is 24.3 Å². The van der Waals surface area contributed by atoms with Crippen LogP contribution in [0.1, 0.15) is 52.9 Å². The number of unbranched alkanes of at least 4 members (excludes halogenated alkanes) is 2. The fourth-order valence-corrected chi connectivity index (χ4v) is 6.33. The lowest BCUT2D eigenvalue weighted by Crippen LogP contribution is -2.53. The summed E-state index contributed by atoms with van der Waals surface area (Å²) in [5.74, 6) is -2.33. The lowest BCUT2D eigenvalue weighted by atomic mass is 9.71. The molecule has 198 valence electrons. The summed E-state index contributed by atoms with van der Waals surface area (Å²) >= 11 is 0. The van der Waals surface area contributed by atoms with E-state index in [0.29, 0.717) is 37.9 Å². The van der Waals surface area contributed by atoms with E-state index in [0.717, 1.165) is 25.2 Å². The summed E-state index contributed by atoms with van der Waals surface area (Å²) < 4.78 is 11.7. The van der Waals surface area contributed by atoms with Crippen molar-refractivity contribution >= 4 is 29.2 Å². The number of likely N-dealkylation sites (tertiary alicyclic amines) is 1. The van der Waals surface area contributed by atoms with Crippen molar-refractivity contribution in [2.75, 3.05) is 43.1 Å². The Bertz CT molecular complexity index is 949. The van der Waals surface area contributed by atoms with E-state index in [9.17, 15) is 14.4 Å². The van der Waals surface area contributed by atoms with Gasteiger partial charge in [-0.25, -0.2) is 0 Å². The maximum Gasteiger partial charge on any atom is 0.312 e. The normalized spacial score (nSPS) is 28.3. The van der Waals surface area contributed by atoms with Crippen molar-refractivity contribution in [1.82, 2.24) is 4.90 Å². The Morgan fingerprint density at radius 1 is 1.17 bits per heavy atom. The van der Waals surface area contributed by atoms with Crippen LogP contribution in [0.25, 0.3) is 0 Å². The number of aliphatic hydroxyl groups is 1. The molecule has 2 bridgehead atoms. The number of nitrogens with one attached hydrogen (secondary N) is 1. The number of benzene rings is 1. The van der Waals surface area contributed by atoms with E-state index in [1.54, 1.807) is 11.8 Å². The molecule has 0 aliphatic carbocycles. The van der Waals surface area contributed by atoms with Crippen LogP contribution in [0.2, 0.25) is 0 Å². The highest BCUT2D eigenvalue weighted by Crippen LogP contribution is 2.58. The molecule has 2 amide bonds. The molecule has 1 spiro atoms. The Morgan fingerprint density at radius 3 is 2.53 bits per heavy atom. The highest BCUT2D eigenvalue weighted by atomic mass is 16.6. The molecule has 2 unspecified atom stereocenters. The molecule has 9 nitrogen and oxygen atoms in total. The highest BCUT2D eigenvalue weighted by Gasteiger charge is 2.74. The lowest BCUT2D eigenvalue weighted by molar-refractivity contribution is -0.154. The van der Waals surface area contributed by atoms with Crippen LogP contribution in [0.5, 0.6) is 0 Å². The van der Waals surface area contributed by atoms with Gasteiger partial charge in [0.15, 0.2) is 0 Å². The Labute approximate surface area is 213 Å². The van der Waals surface area contributed by atoms with Crippen LogP contribution in [0.3, 0.4) is 0 Å². The Kier molecular flexibility index (Phi) is 8.20. The predicted octanol–water partition coefficient (Wildman–Crippen LogP) is 2.57. The smallest absolute Gasteiger partial charge is 0.312 e. The van der Waals surface area contributed by atoms with Gasteiger partial charge in [0, 0.05) is 37.6 Å². The number of anilines is 2. The van der Waals surface area contributed by atoms with Gasteiger partial charge < -0.3 is 29.7 Å². The van der Waals surface area contributed by atoms with Gasteiger partial charge in [-0.15, -0.1) is 0 Å². The quantitative estimate of drug-likeness (QED) is 0.335. The van der Waals surface area contributed by atoms with Gasteiger partial charge in [-0.05, 0) is 77.1 Å². The summed E-state index contributed by atoms with van der Waals surface area (Å²) in [4.78, 5) is 44.1. The predicted molar refractivity (Wildman–Crippen MR) is 136 cm³/mol. The molecule has 9 heteroatoms. The molecule has 4 rings (SSSR count). The number of amides is 2. The second-order valence-corrected chi connectivity index (χ2v) is 9.83. The summed E-state index contributed by atoms with van der Waals surface area (Å²) in [7, 11) is 0. The number of esters is 1. The van der Waals surface area contributed by atoms with Gasteiger partial charge in [-0.3, -0.25) is 14.4 Å². The number of fused-ring (bicyclic) bond motifs is 1. The van der Waals surface area contributed by atoms with Gasteiger partial charge in [0.05, 0.1) is 24.5 Å². The van der Waals surface area contributed by atoms with Crippen molar-refractivity contribution in [3.63, 3.8) is 0 Å². The van der Waals surface area contributed by atoms with Crippen LogP contribution >= 0.6 is 0 Å². The highest BCUT2D eigenvalue weighted by molar-refractivity contribution is 6.03. The van der Waals surface area contributed by atoms with Gasteiger partial charge in [-0.2, -0.15) is 0 Å². The molecule has 3 heterocycles. The van der Waals surface area contributed by atoms with Gasteiger partial charge in [0.25, 0.3) is 0 Å². The molecule has 3 saturated heterocycles. The minimum Gasteiger partial charge on any atom is -0.466 e. The van der Waals surface area contributed by atoms with E-state index >= 15 is 0 Å². The summed E-state index contributed by atoms with van der Waals surface area (Å²) in [6.45, 7) is 8.41. The van der Waals surface area contributed by atoms with Crippen molar-refractivity contribution in [2.24, 2.45) is 11.8 Å². The first-order valence-corrected chi connectivity index (χ1v) is 13.3. The zero-order chi connectivity index (χ0) is 25.9. The van der Waals surface area contributed by atoms with Crippen LogP contribution in [0.4, 0.5) is 11.4 Å². The molecule has 5 atom stereocenters. The van der Waals surface area contributed by atoms with Crippen LogP contribution in [0, 0.1) is 11.8 Å². The monoisotopic (exact) mass is 501 g/mol. The molecule has 1 aromatic rings. The number of aliphatic hydroxyl groups excluding tert-OH is 1. The molecule has 0 saturated carbocycles. The van der Waals surface area contributed by atoms with Crippen LogP contribution < -0.4 is 10.2 Å². The minimum atomic E-state index is -1.03. The third kappa shape index (κ3) is 4.59. The second kappa shape index (κ2) is 11.2.